The third-order valence-electron chi connectivity index (χ3n) is 3.57. The van der Waals surface area contributed by atoms with Gasteiger partial charge in [0.1, 0.15) is 5.75 Å². The van der Waals surface area contributed by atoms with Gasteiger partial charge in [0.15, 0.2) is 4.96 Å². The molecule has 4 nitrogen and oxygen atoms in total. The van der Waals surface area contributed by atoms with E-state index in [0.29, 0.717) is 0 Å². The summed E-state index contributed by atoms with van der Waals surface area (Å²) in [6, 6.07) is 6.21. The molecule has 0 fully saturated rings. The van der Waals surface area contributed by atoms with E-state index in [-0.39, 0.29) is 0 Å². The average Bonchev–Trinajstić information content (AvgIpc) is 3.04. The topological polar surface area (TPSA) is 38.6 Å². The number of ether oxygens (including phenoxy) is 1. The van der Waals surface area contributed by atoms with Gasteiger partial charge in [-0.1, -0.05) is 17.9 Å². The molecule has 0 amide bonds. The summed E-state index contributed by atoms with van der Waals surface area (Å²) in [7, 11) is 3.59. The van der Waals surface area contributed by atoms with Crippen molar-refractivity contribution in [2.75, 3.05) is 14.2 Å². The van der Waals surface area contributed by atoms with E-state index in [9.17, 15) is 0 Å². The molecule has 0 saturated heterocycles. The van der Waals surface area contributed by atoms with Crippen LogP contribution in [0.15, 0.2) is 35.9 Å². The lowest BCUT2D eigenvalue weighted by atomic mass is 10.1. The fourth-order valence-corrected chi connectivity index (χ4v) is 4.12. The number of imidazole rings is 1. The van der Waals surface area contributed by atoms with Gasteiger partial charge in [-0.2, -0.15) is 0 Å². The lowest BCUT2D eigenvalue weighted by Gasteiger charge is -2.10. The number of nitrogens with one attached hydrogen (secondary N) is 1. The number of benzene rings is 1. The van der Waals surface area contributed by atoms with Crippen LogP contribution >= 0.6 is 23.3 Å². The zero-order valence-corrected chi connectivity index (χ0v) is 15.3. The largest absolute Gasteiger partial charge is 0.496 e. The molecule has 0 saturated carbocycles. The summed E-state index contributed by atoms with van der Waals surface area (Å²) in [4.78, 5) is 7.90. The second-order valence-electron chi connectivity index (χ2n) is 5.25. The number of hydrogen-bond acceptors (Lipinski definition) is 5. The fourth-order valence-electron chi connectivity index (χ4n) is 2.51. The van der Waals surface area contributed by atoms with Gasteiger partial charge in [0.05, 0.1) is 23.4 Å². The van der Waals surface area contributed by atoms with Gasteiger partial charge in [0, 0.05) is 16.6 Å². The monoisotopic (exact) mass is 345 g/mol. The van der Waals surface area contributed by atoms with Crippen LogP contribution in [0.3, 0.4) is 0 Å². The third kappa shape index (κ3) is 2.89. The standard InChI is InChI=1S/C17H19N3OS2/c1-10(2)15-9-20-16(11(3)19-17(20)22-15)12-6-7-13(21-5)14(8-12)23-18-4/h6-9,18H,1H2,2-5H3. The molecule has 1 aromatic carbocycles. The number of aryl methyl sites for hydroxylation is 1. The first-order valence-corrected chi connectivity index (χ1v) is 8.84. The van der Waals surface area contributed by atoms with E-state index in [0.717, 1.165) is 43.0 Å². The second-order valence-corrected chi connectivity index (χ2v) is 7.31. The van der Waals surface area contributed by atoms with E-state index >= 15 is 0 Å². The van der Waals surface area contributed by atoms with Crippen LogP contribution in [0.25, 0.3) is 21.8 Å². The van der Waals surface area contributed by atoms with E-state index in [1.165, 1.54) is 0 Å². The molecule has 3 rings (SSSR count). The van der Waals surface area contributed by atoms with E-state index in [2.05, 4.69) is 34.0 Å². The number of allylic oxidation sites excluding steroid dienone is 1. The molecule has 6 heteroatoms. The van der Waals surface area contributed by atoms with Crippen LogP contribution in [-0.4, -0.2) is 23.5 Å². The molecule has 23 heavy (non-hydrogen) atoms. The summed E-state index contributed by atoms with van der Waals surface area (Å²) < 4.78 is 10.7. The Kier molecular flexibility index (Phi) is 4.48. The maximum Gasteiger partial charge on any atom is 0.194 e. The lowest BCUT2D eigenvalue weighted by Crippen LogP contribution is -1.95. The normalized spacial score (nSPS) is 11.1. The van der Waals surface area contributed by atoms with Crippen LogP contribution in [0.2, 0.25) is 0 Å². The van der Waals surface area contributed by atoms with Crippen molar-refractivity contribution in [3.8, 4) is 17.0 Å². The van der Waals surface area contributed by atoms with Crippen LogP contribution in [0.5, 0.6) is 5.75 Å². The van der Waals surface area contributed by atoms with Crippen LogP contribution in [0.4, 0.5) is 0 Å². The molecule has 120 valence electrons. The Morgan fingerprint density at radius 3 is 2.87 bits per heavy atom. The minimum atomic E-state index is 0.861. The van der Waals surface area contributed by atoms with E-state index in [1.54, 1.807) is 30.4 Å². The van der Waals surface area contributed by atoms with Gasteiger partial charge in [-0.25, -0.2) is 4.98 Å². The van der Waals surface area contributed by atoms with Gasteiger partial charge in [-0.3, -0.25) is 9.12 Å². The molecule has 0 radical (unpaired) electrons. The molecule has 0 aliphatic carbocycles. The molecule has 0 aliphatic rings. The molecule has 0 bridgehead atoms. The SMILES string of the molecule is C=C(C)c1cn2c(-c3ccc(OC)c(SNC)c3)c(C)nc2s1. The molecular formula is C17H19N3OS2. The Bertz CT molecular complexity index is 879. The summed E-state index contributed by atoms with van der Waals surface area (Å²) >= 11 is 3.21. The molecular weight excluding hydrogens is 326 g/mol. The highest BCUT2D eigenvalue weighted by Crippen LogP contribution is 2.35. The number of nitrogens with zero attached hydrogens (tertiary/aromatic N) is 2. The highest BCUT2D eigenvalue weighted by Gasteiger charge is 2.16. The molecule has 2 aromatic heterocycles. The molecule has 1 N–H and O–H groups in total. The molecule has 0 atom stereocenters. The minimum Gasteiger partial charge on any atom is -0.496 e. The Morgan fingerprint density at radius 1 is 1.43 bits per heavy atom. The smallest absolute Gasteiger partial charge is 0.194 e. The van der Waals surface area contributed by atoms with Gasteiger partial charge >= 0.3 is 0 Å². The summed E-state index contributed by atoms with van der Waals surface area (Å²) in [6.45, 7) is 8.09. The van der Waals surface area contributed by atoms with Crippen molar-refractivity contribution in [1.29, 1.82) is 0 Å². The summed E-state index contributed by atoms with van der Waals surface area (Å²) in [5.74, 6) is 0.861. The lowest BCUT2D eigenvalue weighted by molar-refractivity contribution is 0.405. The van der Waals surface area contributed by atoms with Crippen LogP contribution in [0.1, 0.15) is 17.5 Å². The van der Waals surface area contributed by atoms with Crippen molar-refractivity contribution >= 4 is 33.8 Å². The van der Waals surface area contributed by atoms with Crippen LogP contribution in [0, 0.1) is 6.92 Å². The first-order valence-electron chi connectivity index (χ1n) is 7.21. The number of hydrogen-bond donors (Lipinski definition) is 1. The highest BCUT2D eigenvalue weighted by molar-refractivity contribution is 7.97. The number of rotatable bonds is 5. The zero-order chi connectivity index (χ0) is 16.6. The van der Waals surface area contributed by atoms with Crippen LogP contribution in [-0.2, 0) is 0 Å². The van der Waals surface area contributed by atoms with Gasteiger partial charge in [0.2, 0.25) is 0 Å². The maximum atomic E-state index is 5.43. The Balaban J connectivity index is 2.17. The highest BCUT2D eigenvalue weighted by atomic mass is 32.2. The fraction of sp³-hybridized carbons (Fsp3) is 0.235. The summed E-state index contributed by atoms with van der Waals surface area (Å²) in [5, 5.41) is 0. The van der Waals surface area contributed by atoms with Gasteiger partial charge in [-0.05, 0) is 56.6 Å². The number of methoxy groups -OCH3 is 1. The first-order chi connectivity index (χ1) is 11.0. The Hall–Kier alpha value is -1.76. The number of aromatic nitrogens is 2. The predicted molar refractivity (Wildman–Crippen MR) is 99.4 cm³/mol. The van der Waals surface area contributed by atoms with E-state index in [4.69, 9.17) is 9.72 Å². The summed E-state index contributed by atoms with van der Waals surface area (Å²) in [5.41, 5.74) is 4.32. The maximum absolute atomic E-state index is 5.43. The van der Waals surface area contributed by atoms with Crippen molar-refractivity contribution in [1.82, 2.24) is 14.1 Å². The quantitative estimate of drug-likeness (QED) is 0.684. The second kappa shape index (κ2) is 6.39. The Labute approximate surface area is 144 Å². The van der Waals surface area contributed by atoms with Crippen LogP contribution < -0.4 is 9.46 Å². The number of fused-ring (bicyclic) bond motifs is 1. The van der Waals surface area contributed by atoms with Gasteiger partial charge < -0.3 is 4.74 Å². The number of thiazole rings is 1. The molecule has 0 unspecified atom stereocenters. The molecule has 3 aromatic rings. The van der Waals surface area contributed by atoms with Crippen molar-refractivity contribution in [3.63, 3.8) is 0 Å². The van der Waals surface area contributed by atoms with E-state index in [1.807, 2.05) is 27.0 Å². The average molecular weight is 345 g/mol. The third-order valence-corrected chi connectivity index (χ3v) is 5.46. The van der Waals surface area contributed by atoms with Crippen molar-refractivity contribution < 1.29 is 4.74 Å². The molecule has 0 spiro atoms. The van der Waals surface area contributed by atoms with Crippen molar-refractivity contribution in [3.05, 3.63) is 41.5 Å². The minimum absolute atomic E-state index is 0.861. The first kappa shape index (κ1) is 16.1. The molecule has 2 heterocycles. The predicted octanol–water partition coefficient (Wildman–Crippen LogP) is 4.64. The van der Waals surface area contributed by atoms with Gasteiger partial charge in [0.25, 0.3) is 0 Å². The van der Waals surface area contributed by atoms with E-state index < -0.39 is 0 Å². The van der Waals surface area contributed by atoms with Crippen molar-refractivity contribution in [2.45, 2.75) is 18.7 Å². The zero-order valence-electron chi connectivity index (χ0n) is 13.6. The summed E-state index contributed by atoms with van der Waals surface area (Å²) in [6.07, 6.45) is 2.12. The van der Waals surface area contributed by atoms with Gasteiger partial charge in [-0.15, -0.1) is 0 Å². The molecule has 0 aliphatic heterocycles. The Morgan fingerprint density at radius 2 is 2.22 bits per heavy atom. The van der Waals surface area contributed by atoms with Crippen molar-refractivity contribution in [2.24, 2.45) is 0 Å².